The summed E-state index contributed by atoms with van der Waals surface area (Å²) in [4.78, 5) is 48.5. The van der Waals surface area contributed by atoms with Crippen LogP contribution >= 0.6 is 11.6 Å². The van der Waals surface area contributed by atoms with Crippen LogP contribution in [0, 0.1) is 28.4 Å². The normalized spacial score (nSPS) is 10.1. The Morgan fingerprint density at radius 2 is 1.81 bits per heavy atom. The van der Waals surface area contributed by atoms with E-state index in [0.717, 1.165) is 25.3 Å². The lowest BCUT2D eigenvalue weighted by Crippen LogP contribution is -2.35. The summed E-state index contributed by atoms with van der Waals surface area (Å²) in [5, 5.41) is 20.5. The summed E-state index contributed by atoms with van der Waals surface area (Å²) in [5.74, 6) is -2.53. The van der Waals surface area contributed by atoms with E-state index < -0.39 is 35.1 Å². The second-order valence-electron chi connectivity index (χ2n) is 6.48. The Balaban J connectivity index is 2.22. The molecule has 2 aromatic rings. The third kappa shape index (κ3) is 6.02. The minimum absolute atomic E-state index is 0.0364. The van der Waals surface area contributed by atoms with E-state index in [2.05, 4.69) is 4.74 Å². The van der Waals surface area contributed by atoms with E-state index in [-0.39, 0.29) is 24.1 Å². The third-order valence-corrected chi connectivity index (χ3v) is 4.74. The number of nitro benzene ring substituents is 1. The van der Waals surface area contributed by atoms with Gasteiger partial charge < -0.3 is 14.4 Å². The second-order valence-corrected chi connectivity index (χ2v) is 6.89. The van der Waals surface area contributed by atoms with Crippen LogP contribution in [-0.2, 0) is 14.3 Å². The van der Waals surface area contributed by atoms with Gasteiger partial charge in [-0.1, -0.05) is 11.6 Å². The van der Waals surface area contributed by atoms with Crippen molar-refractivity contribution in [2.45, 2.75) is 13.3 Å². The first kappa shape index (κ1) is 24.3. The quantitative estimate of drug-likeness (QED) is 0.332. The highest BCUT2D eigenvalue weighted by Gasteiger charge is 2.22. The van der Waals surface area contributed by atoms with Gasteiger partial charge >= 0.3 is 11.9 Å². The van der Waals surface area contributed by atoms with E-state index in [0.29, 0.717) is 16.3 Å². The Labute approximate surface area is 188 Å². The molecular formula is C21H18ClN3O7. The number of methoxy groups -OCH3 is 1. The van der Waals surface area contributed by atoms with Crippen LogP contribution in [0.1, 0.15) is 32.7 Å². The fourth-order valence-corrected chi connectivity index (χ4v) is 2.83. The fourth-order valence-electron chi connectivity index (χ4n) is 2.72. The molecule has 0 fully saturated rings. The standard InChI is InChI=1S/C21H18ClN3O7/c1-13-8-16(4-5-18(13)22)24(7-3-6-23)19(26)12-32-21(28)15-9-14(20(27)31-2)10-17(11-15)25(29)30/h4-5,8-11H,3,7,12H2,1-2H3. The van der Waals surface area contributed by atoms with Gasteiger partial charge in [0.25, 0.3) is 11.6 Å². The maximum atomic E-state index is 12.7. The Bertz CT molecular complexity index is 1110. The van der Waals surface area contributed by atoms with Crippen LogP contribution in [0.5, 0.6) is 0 Å². The number of nitrogens with zero attached hydrogens (tertiary/aromatic N) is 3. The van der Waals surface area contributed by atoms with Crippen LogP contribution < -0.4 is 4.90 Å². The van der Waals surface area contributed by atoms with Crippen LogP contribution in [0.3, 0.4) is 0 Å². The van der Waals surface area contributed by atoms with Crippen molar-refractivity contribution in [1.29, 1.82) is 5.26 Å². The first-order chi connectivity index (χ1) is 15.2. The molecule has 0 saturated heterocycles. The highest BCUT2D eigenvalue weighted by molar-refractivity contribution is 6.31. The van der Waals surface area contributed by atoms with Crippen molar-refractivity contribution in [3.05, 3.63) is 68.2 Å². The van der Waals surface area contributed by atoms with Crippen LogP contribution in [0.4, 0.5) is 11.4 Å². The van der Waals surface area contributed by atoms with Crippen molar-refractivity contribution in [3.63, 3.8) is 0 Å². The van der Waals surface area contributed by atoms with Gasteiger partial charge in [-0.15, -0.1) is 0 Å². The molecule has 0 bridgehead atoms. The van der Waals surface area contributed by atoms with E-state index >= 15 is 0 Å². The molecule has 0 aliphatic carbocycles. The molecule has 0 unspecified atom stereocenters. The Kier molecular flexibility index (Phi) is 8.26. The van der Waals surface area contributed by atoms with Crippen molar-refractivity contribution in [2.75, 3.05) is 25.2 Å². The molecule has 0 saturated carbocycles. The number of nitriles is 1. The van der Waals surface area contributed by atoms with Gasteiger partial charge in [0, 0.05) is 29.4 Å². The molecule has 0 aliphatic heterocycles. The number of hydrogen-bond donors (Lipinski definition) is 0. The average Bonchev–Trinajstić information content (AvgIpc) is 2.78. The average molecular weight is 460 g/mol. The third-order valence-electron chi connectivity index (χ3n) is 4.31. The SMILES string of the molecule is COC(=O)c1cc(C(=O)OCC(=O)N(CCC#N)c2ccc(Cl)c(C)c2)cc([N+](=O)[O-])c1. The van der Waals surface area contributed by atoms with Gasteiger partial charge in [0.15, 0.2) is 6.61 Å². The summed E-state index contributed by atoms with van der Waals surface area (Å²) < 4.78 is 9.55. The molecular weight excluding hydrogens is 442 g/mol. The summed E-state index contributed by atoms with van der Waals surface area (Å²) in [6, 6.07) is 9.75. The molecule has 0 aliphatic rings. The molecule has 11 heteroatoms. The van der Waals surface area contributed by atoms with Gasteiger partial charge in [0.05, 0.1) is 35.7 Å². The zero-order valence-electron chi connectivity index (χ0n) is 17.2. The molecule has 0 atom stereocenters. The van der Waals surface area contributed by atoms with E-state index in [4.69, 9.17) is 21.6 Å². The molecule has 0 heterocycles. The van der Waals surface area contributed by atoms with Gasteiger partial charge in [-0.25, -0.2) is 9.59 Å². The van der Waals surface area contributed by atoms with E-state index in [1.807, 2.05) is 6.07 Å². The van der Waals surface area contributed by atoms with Gasteiger partial charge in [-0.3, -0.25) is 14.9 Å². The number of halogens is 1. The van der Waals surface area contributed by atoms with Gasteiger partial charge in [0.1, 0.15) is 0 Å². The molecule has 2 aromatic carbocycles. The van der Waals surface area contributed by atoms with Gasteiger partial charge in [-0.05, 0) is 36.8 Å². The molecule has 32 heavy (non-hydrogen) atoms. The molecule has 166 valence electrons. The number of non-ortho nitro benzene ring substituents is 1. The smallest absolute Gasteiger partial charge is 0.338 e. The Morgan fingerprint density at radius 3 is 2.38 bits per heavy atom. The number of hydrogen-bond acceptors (Lipinski definition) is 8. The number of benzene rings is 2. The number of carbonyl (C=O) groups excluding carboxylic acids is 3. The molecule has 1 amide bonds. The predicted octanol–water partition coefficient (Wildman–Crippen LogP) is 3.45. The lowest BCUT2D eigenvalue weighted by atomic mass is 10.1. The summed E-state index contributed by atoms with van der Waals surface area (Å²) in [6.07, 6.45) is 0.0364. The minimum Gasteiger partial charge on any atom is -0.465 e. The molecule has 0 aromatic heterocycles. The van der Waals surface area contributed by atoms with Gasteiger partial charge in [-0.2, -0.15) is 5.26 Å². The number of rotatable bonds is 8. The molecule has 0 spiro atoms. The molecule has 10 nitrogen and oxygen atoms in total. The highest BCUT2D eigenvalue weighted by Crippen LogP contribution is 2.23. The zero-order valence-corrected chi connectivity index (χ0v) is 17.9. The van der Waals surface area contributed by atoms with Gasteiger partial charge in [0.2, 0.25) is 0 Å². The van der Waals surface area contributed by atoms with Crippen molar-refractivity contribution in [3.8, 4) is 6.07 Å². The fraction of sp³-hybridized carbons (Fsp3) is 0.238. The van der Waals surface area contributed by atoms with Crippen LogP contribution in [-0.4, -0.2) is 43.0 Å². The number of carbonyl (C=O) groups is 3. The highest BCUT2D eigenvalue weighted by atomic mass is 35.5. The number of nitro groups is 1. The number of anilines is 1. The number of esters is 2. The first-order valence-corrected chi connectivity index (χ1v) is 9.54. The summed E-state index contributed by atoms with van der Waals surface area (Å²) in [7, 11) is 1.09. The largest absolute Gasteiger partial charge is 0.465 e. The van der Waals surface area contributed by atoms with Crippen LogP contribution in [0.25, 0.3) is 0 Å². The maximum absolute atomic E-state index is 12.7. The molecule has 2 rings (SSSR count). The topological polar surface area (TPSA) is 140 Å². The van der Waals surface area contributed by atoms with E-state index in [1.165, 1.54) is 4.90 Å². The Hall–Kier alpha value is -3.97. The van der Waals surface area contributed by atoms with Crippen LogP contribution in [0.15, 0.2) is 36.4 Å². The Morgan fingerprint density at radius 1 is 1.16 bits per heavy atom. The number of aryl methyl sites for hydroxylation is 1. The zero-order chi connectivity index (χ0) is 23.8. The second kappa shape index (κ2) is 10.9. The van der Waals surface area contributed by atoms with Crippen molar-refractivity contribution in [1.82, 2.24) is 0 Å². The van der Waals surface area contributed by atoms with E-state index in [1.54, 1.807) is 25.1 Å². The van der Waals surface area contributed by atoms with Crippen molar-refractivity contribution < 1.29 is 28.8 Å². The number of amides is 1. The molecule has 0 N–H and O–H groups in total. The predicted molar refractivity (Wildman–Crippen MR) is 113 cm³/mol. The lowest BCUT2D eigenvalue weighted by molar-refractivity contribution is -0.384. The van der Waals surface area contributed by atoms with E-state index in [9.17, 15) is 24.5 Å². The van der Waals surface area contributed by atoms with Crippen LogP contribution in [0.2, 0.25) is 5.02 Å². The first-order valence-electron chi connectivity index (χ1n) is 9.16. The maximum Gasteiger partial charge on any atom is 0.338 e. The van der Waals surface area contributed by atoms with Crippen molar-refractivity contribution >= 4 is 40.8 Å². The minimum atomic E-state index is -1.04. The summed E-state index contributed by atoms with van der Waals surface area (Å²) >= 11 is 6.01. The number of ether oxygens (including phenoxy) is 2. The molecule has 0 radical (unpaired) electrons. The lowest BCUT2D eigenvalue weighted by Gasteiger charge is -2.22. The van der Waals surface area contributed by atoms with Crippen molar-refractivity contribution in [2.24, 2.45) is 0 Å². The summed E-state index contributed by atoms with van der Waals surface area (Å²) in [6.45, 7) is 1.11. The summed E-state index contributed by atoms with van der Waals surface area (Å²) in [5.41, 5.74) is 0.151. The monoisotopic (exact) mass is 459 g/mol.